The van der Waals surface area contributed by atoms with Gasteiger partial charge in [-0.1, -0.05) is 33.6 Å². The Kier molecular flexibility index (Phi) is 3.99. The van der Waals surface area contributed by atoms with Gasteiger partial charge in [0.1, 0.15) is 6.10 Å². The van der Waals surface area contributed by atoms with Gasteiger partial charge in [0.25, 0.3) is 0 Å². The zero-order valence-corrected chi connectivity index (χ0v) is 13.3. The summed E-state index contributed by atoms with van der Waals surface area (Å²) in [6.07, 6.45) is 7.94. The Labute approximate surface area is 118 Å². The molecule has 4 atom stereocenters. The van der Waals surface area contributed by atoms with E-state index in [9.17, 15) is 4.79 Å². The molecule has 2 saturated carbocycles. The summed E-state index contributed by atoms with van der Waals surface area (Å²) >= 11 is 0. The summed E-state index contributed by atoms with van der Waals surface area (Å²) < 4.78 is 5.50. The van der Waals surface area contributed by atoms with Crippen LogP contribution >= 0.6 is 0 Å². The molecular formula is C17H30O2. The van der Waals surface area contributed by atoms with Crippen LogP contribution in [0.1, 0.15) is 73.1 Å². The SMILES string of the molecule is CC(=O)O[C@@H](C)[C@@]1(C)CC[C@@H]2CCCC(C)(C)[C@@H]2C1. The molecule has 2 aliphatic carbocycles. The van der Waals surface area contributed by atoms with Crippen LogP contribution in [-0.2, 0) is 9.53 Å². The number of rotatable bonds is 2. The average molecular weight is 266 g/mol. The number of hydrogen-bond acceptors (Lipinski definition) is 2. The molecule has 2 rings (SSSR count). The maximum atomic E-state index is 11.2. The predicted octanol–water partition coefficient (Wildman–Crippen LogP) is 4.57. The van der Waals surface area contributed by atoms with E-state index >= 15 is 0 Å². The van der Waals surface area contributed by atoms with Crippen LogP contribution in [0.25, 0.3) is 0 Å². The Morgan fingerprint density at radius 2 is 1.89 bits per heavy atom. The van der Waals surface area contributed by atoms with Crippen molar-refractivity contribution in [2.45, 2.75) is 79.2 Å². The highest BCUT2D eigenvalue weighted by Crippen LogP contribution is 2.56. The maximum absolute atomic E-state index is 11.2. The molecule has 0 aromatic rings. The molecule has 0 radical (unpaired) electrons. The summed E-state index contributed by atoms with van der Waals surface area (Å²) in [5.74, 6) is 1.57. The molecule has 0 heterocycles. The molecule has 110 valence electrons. The summed E-state index contributed by atoms with van der Waals surface area (Å²) in [7, 11) is 0. The fourth-order valence-corrected chi connectivity index (χ4v) is 4.51. The van der Waals surface area contributed by atoms with Gasteiger partial charge in [-0.25, -0.2) is 0 Å². The lowest BCUT2D eigenvalue weighted by atomic mass is 9.53. The number of carbonyl (C=O) groups is 1. The fourth-order valence-electron chi connectivity index (χ4n) is 4.51. The summed E-state index contributed by atoms with van der Waals surface area (Å²) in [5.41, 5.74) is 0.627. The zero-order chi connectivity index (χ0) is 14.3. The van der Waals surface area contributed by atoms with Crippen molar-refractivity contribution in [3.05, 3.63) is 0 Å². The van der Waals surface area contributed by atoms with Gasteiger partial charge in [-0.05, 0) is 49.9 Å². The van der Waals surface area contributed by atoms with Gasteiger partial charge >= 0.3 is 5.97 Å². The maximum Gasteiger partial charge on any atom is 0.302 e. The molecular weight excluding hydrogens is 236 g/mol. The third-order valence-electron chi connectivity index (χ3n) is 6.07. The third-order valence-corrected chi connectivity index (χ3v) is 6.07. The lowest BCUT2D eigenvalue weighted by molar-refractivity contribution is -0.156. The Morgan fingerprint density at radius 1 is 1.21 bits per heavy atom. The smallest absolute Gasteiger partial charge is 0.302 e. The molecule has 2 aliphatic rings. The highest BCUT2D eigenvalue weighted by molar-refractivity contribution is 5.66. The monoisotopic (exact) mass is 266 g/mol. The quantitative estimate of drug-likeness (QED) is 0.684. The van der Waals surface area contributed by atoms with E-state index in [1.54, 1.807) is 0 Å². The van der Waals surface area contributed by atoms with Gasteiger partial charge in [-0.2, -0.15) is 0 Å². The molecule has 0 spiro atoms. The van der Waals surface area contributed by atoms with Crippen molar-refractivity contribution in [2.75, 3.05) is 0 Å². The van der Waals surface area contributed by atoms with Crippen LogP contribution < -0.4 is 0 Å². The fraction of sp³-hybridized carbons (Fsp3) is 0.941. The van der Waals surface area contributed by atoms with Crippen LogP contribution in [-0.4, -0.2) is 12.1 Å². The molecule has 19 heavy (non-hydrogen) atoms. The van der Waals surface area contributed by atoms with Crippen molar-refractivity contribution in [3.63, 3.8) is 0 Å². The second-order valence-electron chi connectivity index (χ2n) is 7.90. The second-order valence-corrected chi connectivity index (χ2v) is 7.90. The molecule has 0 amide bonds. The summed E-state index contributed by atoms with van der Waals surface area (Å²) in [6, 6.07) is 0. The first kappa shape index (κ1) is 14.9. The van der Waals surface area contributed by atoms with E-state index in [2.05, 4.69) is 27.7 Å². The van der Waals surface area contributed by atoms with Crippen molar-refractivity contribution in [2.24, 2.45) is 22.7 Å². The van der Waals surface area contributed by atoms with E-state index in [0.29, 0.717) is 5.41 Å². The summed E-state index contributed by atoms with van der Waals surface area (Å²) in [5, 5.41) is 0. The molecule has 0 saturated heterocycles. The van der Waals surface area contributed by atoms with E-state index in [-0.39, 0.29) is 17.5 Å². The number of esters is 1. The highest BCUT2D eigenvalue weighted by atomic mass is 16.5. The van der Waals surface area contributed by atoms with Gasteiger partial charge in [-0.15, -0.1) is 0 Å². The zero-order valence-electron chi connectivity index (χ0n) is 13.3. The van der Waals surface area contributed by atoms with Gasteiger partial charge in [0, 0.05) is 12.3 Å². The molecule has 2 nitrogen and oxygen atoms in total. The first-order chi connectivity index (χ1) is 8.74. The van der Waals surface area contributed by atoms with Crippen molar-refractivity contribution in [3.8, 4) is 0 Å². The van der Waals surface area contributed by atoms with E-state index in [1.807, 2.05) is 0 Å². The summed E-state index contributed by atoms with van der Waals surface area (Å²) in [6.45, 7) is 10.8. The van der Waals surface area contributed by atoms with Crippen molar-refractivity contribution < 1.29 is 9.53 Å². The second kappa shape index (κ2) is 5.10. The minimum absolute atomic E-state index is 0.0451. The molecule has 0 N–H and O–H groups in total. The molecule has 0 unspecified atom stereocenters. The van der Waals surface area contributed by atoms with Crippen LogP contribution in [0, 0.1) is 22.7 Å². The Hall–Kier alpha value is -0.530. The predicted molar refractivity (Wildman–Crippen MR) is 77.8 cm³/mol. The first-order valence-electron chi connectivity index (χ1n) is 7.92. The molecule has 0 aliphatic heterocycles. The topological polar surface area (TPSA) is 26.3 Å². The van der Waals surface area contributed by atoms with Crippen LogP contribution in [0.3, 0.4) is 0 Å². The molecule has 0 aromatic heterocycles. The number of fused-ring (bicyclic) bond motifs is 1. The van der Waals surface area contributed by atoms with E-state index in [4.69, 9.17) is 4.74 Å². The van der Waals surface area contributed by atoms with Gasteiger partial charge in [-0.3, -0.25) is 4.79 Å². The molecule has 0 aromatic carbocycles. The summed E-state index contributed by atoms with van der Waals surface area (Å²) in [4.78, 5) is 11.2. The van der Waals surface area contributed by atoms with Crippen LogP contribution in [0.2, 0.25) is 0 Å². The minimum atomic E-state index is -0.140. The lowest BCUT2D eigenvalue weighted by Gasteiger charge is -2.53. The van der Waals surface area contributed by atoms with Crippen LogP contribution in [0.4, 0.5) is 0 Å². The first-order valence-corrected chi connectivity index (χ1v) is 7.92. The van der Waals surface area contributed by atoms with Crippen molar-refractivity contribution in [1.82, 2.24) is 0 Å². The van der Waals surface area contributed by atoms with Crippen molar-refractivity contribution >= 4 is 5.97 Å². The Balaban J connectivity index is 2.11. The standard InChI is InChI=1S/C17H30O2/c1-12(19-13(2)18)17(5)10-8-14-7-6-9-16(3,4)15(14)11-17/h12,14-15H,6-11H2,1-5H3/t12-,14-,15+,17-/m0/s1. The normalized spacial score (nSPS) is 39.2. The van der Waals surface area contributed by atoms with E-state index in [0.717, 1.165) is 11.8 Å². The minimum Gasteiger partial charge on any atom is -0.462 e. The van der Waals surface area contributed by atoms with Gasteiger partial charge in [0.05, 0.1) is 0 Å². The van der Waals surface area contributed by atoms with E-state index < -0.39 is 0 Å². The highest BCUT2D eigenvalue weighted by Gasteiger charge is 2.48. The number of ether oxygens (including phenoxy) is 1. The van der Waals surface area contributed by atoms with Crippen LogP contribution in [0.5, 0.6) is 0 Å². The van der Waals surface area contributed by atoms with Gasteiger partial charge in [0.2, 0.25) is 0 Å². The van der Waals surface area contributed by atoms with Gasteiger partial charge in [0.15, 0.2) is 0 Å². The van der Waals surface area contributed by atoms with Gasteiger partial charge < -0.3 is 4.74 Å². The molecule has 2 fully saturated rings. The Morgan fingerprint density at radius 3 is 2.53 bits per heavy atom. The largest absolute Gasteiger partial charge is 0.462 e. The number of carbonyl (C=O) groups excluding carboxylic acids is 1. The molecule has 2 heteroatoms. The third kappa shape index (κ3) is 2.98. The van der Waals surface area contributed by atoms with Crippen LogP contribution in [0.15, 0.2) is 0 Å². The number of hydrogen-bond donors (Lipinski definition) is 0. The average Bonchev–Trinajstić information content (AvgIpc) is 2.29. The molecule has 0 bridgehead atoms. The Bertz CT molecular complexity index is 347. The van der Waals surface area contributed by atoms with E-state index in [1.165, 1.54) is 45.4 Å². The lowest BCUT2D eigenvalue weighted by Crippen LogP contribution is -2.46. The van der Waals surface area contributed by atoms with Crippen molar-refractivity contribution in [1.29, 1.82) is 0 Å².